The molecule has 31 heavy (non-hydrogen) atoms. The topological polar surface area (TPSA) is 80.5 Å². The maximum Gasteiger partial charge on any atom is 0.191 e. The van der Waals surface area contributed by atoms with E-state index in [-0.39, 0.29) is 30.0 Å². The third kappa shape index (κ3) is 9.25. The largest absolute Gasteiger partial charge is 0.465 e. The normalized spacial score (nSPS) is 21.0. The maximum absolute atomic E-state index is 5.94. The third-order valence-corrected chi connectivity index (χ3v) is 5.48. The van der Waals surface area contributed by atoms with Gasteiger partial charge >= 0.3 is 0 Å². The fourth-order valence-electron chi connectivity index (χ4n) is 3.77. The van der Waals surface area contributed by atoms with Crippen LogP contribution >= 0.6 is 24.0 Å². The number of nitrogens with one attached hydrogen (secondary N) is 2. The summed E-state index contributed by atoms with van der Waals surface area (Å²) in [6.07, 6.45) is 2.07. The van der Waals surface area contributed by atoms with E-state index in [1.807, 2.05) is 13.0 Å². The number of halogens is 1. The summed E-state index contributed by atoms with van der Waals surface area (Å²) in [7, 11) is 0. The van der Waals surface area contributed by atoms with Crippen molar-refractivity contribution in [2.75, 3.05) is 72.4 Å². The highest BCUT2D eigenvalue weighted by Gasteiger charge is 2.25. The summed E-state index contributed by atoms with van der Waals surface area (Å²) in [6, 6.07) is 4.21. The molecule has 178 valence electrons. The fraction of sp³-hybridized carbons (Fsp3) is 0.773. The second-order valence-corrected chi connectivity index (χ2v) is 7.92. The van der Waals surface area contributed by atoms with Crippen molar-refractivity contribution >= 4 is 29.9 Å². The van der Waals surface area contributed by atoms with Gasteiger partial charge in [-0.1, -0.05) is 0 Å². The third-order valence-electron chi connectivity index (χ3n) is 5.48. The Hall–Kier alpha value is -0.880. The summed E-state index contributed by atoms with van der Waals surface area (Å²) in [6.45, 7) is 12.9. The first-order valence-corrected chi connectivity index (χ1v) is 11.3. The molecular weight excluding hydrogens is 511 g/mol. The molecule has 1 aromatic heterocycles. The van der Waals surface area contributed by atoms with E-state index in [0.717, 1.165) is 96.1 Å². The van der Waals surface area contributed by atoms with Crippen molar-refractivity contribution in [1.29, 1.82) is 0 Å². The molecule has 2 aliphatic heterocycles. The van der Waals surface area contributed by atoms with Crippen molar-refractivity contribution < 1.29 is 18.6 Å². The summed E-state index contributed by atoms with van der Waals surface area (Å²) >= 11 is 0. The lowest BCUT2D eigenvalue weighted by Gasteiger charge is -2.32. The second kappa shape index (κ2) is 15.0. The molecule has 2 aliphatic rings. The first kappa shape index (κ1) is 26.4. The molecule has 0 spiro atoms. The van der Waals surface area contributed by atoms with Crippen LogP contribution in [0, 0.1) is 12.8 Å². The molecule has 2 atom stereocenters. The molecule has 2 fully saturated rings. The average molecular weight is 550 g/mol. The fourth-order valence-corrected chi connectivity index (χ4v) is 3.77. The number of furan rings is 1. The van der Waals surface area contributed by atoms with Gasteiger partial charge in [0.25, 0.3) is 0 Å². The zero-order chi connectivity index (χ0) is 21.0. The van der Waals surface area contributed by atoms with Gasteiger partial charge in [-0.25, -0.2) is 0 Å². The lowest BCUT2D eigenvalue weighted by molar-refractivity contribution is 0.0135. The summed E-state index contributed by atoms with van der Waals surface area (Å²) in [4.78, 5) is 7.25. The minimum absolute atomic E-state index is 0. The number of aryl methyl sites for hydroxylation is 1. The van der Waals surface area contributed by atoms with E-state index >= 15 is 0 Å². The number of nitrogens with zero attached hydrogens (tertiary/aromatic N) is 2. The maximum atomic E-state index is 5.94. The summed E-state index contributed by atoms with van der Waals surface area (Å²) in [5, 5.41) is 6.77. The first-order valence-electron chi connectivity index (χ1n) is 11.3. The molecule has 2 unspecified atom stereocenters. The number of guanidine groups is 1. The highest BCUT2D eigenvalue weighted by atomic mass is 127. The smallest absolute Gasteiger partial charge is 0.191 e. The highest BCUT2D eigenvalue weighted by molar-refractivity contribution is 14.0. The van der Waals surface area contributed by atoms with Crippen LogP contribution in [0.15, 0.2) is 21.5 Å². The van der Waals surface area contributed by atoms with Crippen LogP contribution in [0.3, 0.4) is 0 Å². The highest BCUT2D eigenvalue weighted by Crippen LogP contribution is 2.24. The monoisotopic (exact) mass is 550 g/mol. The molecule has 0 amide bonds. The second-order valence-electron chi connectivity index (χ2n) is 7.92. The Bertz CT molecular complexity index is 631. The van der Waals surface area contributed by atoms with Gasteiger partial charge in [-0.3, -0.25) is 9.89 Å². The number of hydrogen-bond acceptors (Lipinski definition) is 6. The Kier molecular flexibility index (Phi) is 12.8. The van der Waals surface area contributed by atoms with E-state index < -0.39 is 0 Å². The Labute approximate surface area is 203 Å². The van der Waals surface area contributed by atoms with Crippen molar-refractivity contribution in [3.05, 3.63) is 23.7 Å². The van der Waals surface area contributed by atoms with Crippen LogP contribution in [0.25, 0.3) is 0 Å². The Morgan fingerprint density at radius 1 is 1.23 bits per heavy atom. The van der Waals surface area contributed by atoms with Crippen LogP contribution in [0.1, 0.15) is 37.3 Å². The van der Waals surface area contributed by atoms with Crippen molar-refractivity contribution in [2.45, 2.75) is 32.7 Å². The van der Waals surface area contributed by atoms with Crippen LogP contribution < -0.4 is 10.6 Å². The van der Waals surface area contributed by atoms with E-state index in [1.54, 1.807) is 0 Å². The lowest BCUT2D eigenvalue weighted by Crippen LogP contribution is -2.42. The van der Waals surface area contributed by atoms with E-state index in [9.17, 15) is 0 Å². The van der Waals surface area contributed by atoms with Gasteiger partial charge in [0.2, 0.25) is 0 Å². The molecule has 3 heterocycles. The first-order chi connectivity index (χ1) is 14.8. The molecular formula is C22H39IN4O4. The minimum atomic E-state index is 0. The molecule has 3 rings (SSSR count). The van der Waals surface area contributed by atoms with Crippen LogP contribution in [-0.2, 0) is 14.2 Å². The summed E-state index contributed by atoms with van der Waals surface area (Å²) in [5.74, 6) is 3.31. The van der Waals surface area contributed by atoms with Crippen molar-refractivity contribution in [3.63, 3.8) is 0 Å². The van der Waals surface area contributed by atoms with Gasteiger partial charge < -0.3 is 29.3 Å². The van der Waals surface area contributed by atoms with E-state index in [2.05, 4.69) is 28.5 Å². The number of hydrogen-bond donors (Lipinski definition) is 2. The van der Waals surface area contributed by atoms with Crippen LogP contribution in [-0.4, -0.2) is 83.2 Å². The van der Waals surface area contributed by atoms with Gasteiger partial charge in [0.05, 0.1) is 39.0 Å². The van der Waals surface area contributed by atoms with Crippen LogP contribution in [0.2, 0.25) is 0 Å². The number of rotatable bonds is 11. The van der Waals surface area contributed by atoms with Gasteiger partial charge in [0.15, 0.2) is 5.96 Å². The molecule has 0 bridgehead atoms. The van der Waals surface area contributed by atoms with E-state index in [0.29, 0.717) is 12.5 Å². The predicted octanol–water partition coefficient (Wildman–Crippen LogP) is 2.58. The molecule has 0 aromatic carbocycles. The standard InChI is InChI=1S/C22H38N4O4.HI/c1-3-23-22(24-8-4-11-28-16-19-7-12-29-17-19)25-15-20(21-6-5-18(2)30-21)26-9-13-27-14-10-26;/h5-6,19-20H,3-4,7-17H2,1-2H3,(H2,23,24,25);1H. The lowest BCUT2D eigenvalue weighted by atomic mass is 10.1. The molecule has 0 aliphatic carbocycles. The zero-order valence-corrected chi connectivity index (χ0v) is 21.3. The average Bonchev–Trinajstić information content (AvgIpc) is 3.43. The molecule has 8 nitrogen and oxygen atoms in total. The Balaban J connectivity index is 0.00000341. The molecule has 2 saturated heterocycles. The van der Waals surface area contributed by atoms with Gasteiger partial charge in [0.1, 0.15) is 11.5 Å². The van der Waals surface area contributed by atoms with Crippen molar-refractivity contribution in [1.82, 2.24) is 15.5 Å². The van der Waals surface area contributed by atoms with Gasteiger partial charge in [-0.15, -0.1) is 24.0 Å². The molecule has 0 saturated carbocycles. The van der Waals surface area contributed by atoms with Crippen molar-refractivity contribution in [3.8, 4) is 0 Å². The Morgan fingerprint density at radius 2 is 2.06 bits per heavy atom. The molecule has 2 N–H and O–H groups in total. The number of aliphatic imine (C=N–C) groups is 1. The van der Waals surface area contributed by atoms with E-state index in [4.69, 9.17) is 23.6 Å². The van der Waals surface area contributed by atoms with Gasteiger partial charge in [-0.2, -0.15) is 0 Å². The van der Waals surface area contributed by atoms with Gasteiger partial charge in [0, 0.05) is 45.3 Å². The summed E-state index contributed by atoms with van der Waals surface area (Å²) in [5.41, 5.74) is 0. The van der Waals surface area contributed by atoms with E-state index in [1.165, 1.54) is 0 Å². The Morgan fingerprint density at radius 3 is 2.74 bits per heavy atom. The summed E-state index contributed by atoms with van der Waals surface area (Å²) < 4.78 is 22.6. The quantitative estimate of drug-likeness (QED) is 0.190. The predicted molar refractivity (Wildman–Crippen MR) is 132 cm³/mol. The van der Waals surface area contributed by atoms with Crippen LogP contribution in [0.5, 0.6) is 0 Å². The molecule has 0 radical (unpaired) electrons. The minimum Gasteiger partial charge on any atom is -0.465 e. The SMILES string of the molecule is CCNC(=NCC(c1ccc(C)o1)N1CCOCC1)NCCCOCC1CCOC1.I. The molecule has 1 aromatic rings. The number of ether oxygens (including phenoxy) is 3. The number of morpholine rings is 1. The van der Waals surface area contributed by atoms with Crippen LogP contribution in [0.4, 0.5) is 0 Å². The van der Waals surface area contributed by atoms with Crippen molar-refractivity contribution in [2.24, 2.45) is 10.9 Å². The molecule has 9 heteroatoms. The zero-order valence-electron chi connectivity index (χ0n) is 18.9. The van der Waals surface area contributed by atoms with Gasteiger partial charge in [-0.05, 0) is 38.8 Å².